The van der Waals surface area contributed by atoms with E-state index in [2.05, 4.69) is 20.8 Å². The van der Waals surface area contributed by atoms with Crippen LogP contribution in [0, 0.1) is 17.8 Å². The minimum Gasteiger partial charge on any atom is -0.465 e. The zero-order chi connectivity index (χ0) is 30.6. The van der Waals surface area contributed by atoms with Gasteiger partial charge in [-0.3, -0.25) is 4.79 Å². The Morgan fingerprint density at radius 2 is 1.65 bits per heavy atom. The lowest BCUT2D eigenvalue weighted by atomic mass is 9.75. The first-order valence-electron chi connectivity index (χ1n) is 15.5. The van der Waals surface area contributed by atoms with Gasteiger partial charge >= 0.3 is 11.9 Å². The fourth-order valence-corrected chi connectivity index (χ4v) is 5.76. The second-order valence-corrected chi connectivity index (χ2v) is 12.8. The van der Waals surface area contributed by atoms with Gasteiger partial charge in [-0.2, -0.15) is 0 Å². The summed E-state index contributed by atoms with van der Waals surface area (Å²) in [6.45, 7) is 11.7. The van der Waals surface area contributed by atoms with Crippen molar-refractivity contribution in [2.75, 3.05) is 13.2 Å². The summed E-state index contributed by atoms with van der Waals surface area (Å²) in [6, 6.07) is 18.6. The quantitative estimate of drug-likeness (QED) is 0.0936. The highest BCUT2D eigenvalue weighted by atomic mass is 16.7. The third-order valence-electron chi connectivity index (χ3n) is 8.60. The molecule has 2 aliphatic rings. The third-order valence-corrected chi connectivity index (χ3v) is 8.60. The number of fused-ring (bicyclic) bond motifs is 1. The molecule has 1 saturated heterocycles. The highest BCUT2D eigenvalue weighted by molar-refractivity contribution is 5.96. The lowest BCUT2D eigenvalue weighted by molar-refractivity contribution is -0.134. The smallest absolute Gasteiger partial charge is 0.338 e. The highest BCUT2D eigenvalue weighted by Crippen LogP contribution is 2.36. The Balaban J connectivity index is 1.10. The van der Waals surface area contributed by atoms with Gasteiger partial charge in [0.2, 0.25) is 0 Å². The molecule has 0 spiro atoms. The Morgan fingerprint density at radius 3 is 2.37 bits per heavy atom. The Labute approximate surface area is 254 Å². The van der Waals surface area contributed by atoms with E-state index in [9.17, 15) is 9.59 Å². The van der Waals surface area contributed by atoms with Gasteiger partial charge in [-0.15, -0.1) is 0 Å². The second kappa shape index (κ2) is 13.5. The third kappa shape index (κ3) is 8.58. The molecule has 3 aromatic carbocycles. The van der Waals surface area contributed by atoms with Crippen molar-refractivity contribution < 1.29 is 33.3 Å². The van der Waals surface area contributed by atoms with Crippen molar-refractivity contribution in [2.24, 2.45) is 17.8 Å². The van der Waals surface area contributed by atoms with E-state index in [4.69, 9.17) is 23.7 Å². The van der Waals surface area contributed by atoms with E-state index in [0.717, 1.165) is 35.8 Å². The summed E-state index contributed by atoms with van der Waals surface area (Å²) in [5.74, 6) is 2.05. The zero-order valence-corrected chi connectivity index (χ0v) is 26.0. The molecule has 0 radical (unpaired) electrons. The van der Waals surface area contributed by atoms with E-state index >= 15 is 0 Å². The van der Waals surface area contributed by atoms with E-state index < -0.39 is 0 Å². The standard InChI is InChI=1S/C36H44O7/c1-23(2)32-16-6-24(3)18-33(32)43-35(38)29-11-10-28-20-31(15-12-27(28)19-29)42-34(37)17-9-26-7-13-30(14-8-26)41-25(4)39-21-36(5)22-40-36/h7-8,10-15,19-20,23-25,32-33H,6,9,16-18,21-22H2,1-5H3. The molecule has 230 valence electrons. The number of epoxide rings is 1. The van der Waals surface area contributed by atoms with Crippen LogP contribution in [0.15, 0.2) is 60.7 Å². The van der Waals surface area contributed by atoms with Crippen molar-refractivity contribution in [1.82, 2.24) is 0 Å². The average Bonchev–Trinajstić information content (AvgIpc) is 3.72. The van der Waals surface area contributed by atoms with Crippen molar-refractivity contribution in [3.8, 4) is 11.5 Å². The minimum atomic E-state index is -0.382. The average molecular weight is 589 g/mol. The Kier molecular flexibility index (Phi) is 9.72. The zero-order valence-electron chi connectivity index (χ0n) is 26.0. The number of hydrogen-bond acceptors (Lipinski definition) is 7. The molecule has 7 nitrogen and oxygen atoms in total. The maximum Gasteiger partial charge on any atom is 0.338 e. The van der Waals surface area contributed by atoms with Gasteiger partial charge in [-0.25, -0.2) is 4.79 Å². The van der Waals surface area contributed by atoms with Crippen LogP contribution in [0.25, 0.3) is 10.8 Å². The SMILES string of the molecule is CC1CCC(C(C)C)C(OC(=O)c2ccc3cc(OC(=O)CCc4ccc(OC(C)OCC5(C)CO5)cc4)ccc3c2)C1. The molecule has 3 aromatic rings. The summed E-state index contributed by atoms with van der Waals surface area (Å²) in [5, 5.41) is 1.78. The van der Waals surface area contributed by atoms with Crippen LogP contribution in [-0.2, 0) is 25.4 Å². The van der Waals surface area contributed by atoms with Crippen LogP contribution in [0.1, 0.15) is 76.2 Å². The van der Waals surface area contributed by atoms with Crippen LogP contribution >= 0.6 is 0 Å². The second-order valence-electron chi connectivity index (χ2n) is 12.8. The summed E-state index contributed by atoms with van der Waals surface area (Å²) in [7, 11) is 0. The van der Waals surface area contributed by atoms with Crippen LogP contribution in [-0.4, -0.2) is 43.1 Å². The van der Waals surface area contributed by atoms with Crippen molar-refractivity contribution >= 4 is 22.7 Å². The van der Waals surface area contributed by atoms with Crippen LogP contribution in [0.3, 0.4) is 0 Å². The summed E-state index contributed by atoms with van der Waals surface area (Å²) in [5.41, 5.74) is 1.38. The topological polar surface area (TPSA) is 83.6 Å². The number of ether oxygens (including phenoxy) is 5. The maximum atomic E-state index is 13.1. The number of rotatable bonds is 12. The molecule has 0 amide bonds. The van der Waals surface area contributed by atoms with Crippen molar-refractivity contribution in [3.63, 3.8) is 0 Å². The Hall–Kier alpha value is -3.42. The lowest BCUT2D eigenvalue weighted by Gasteiger charge is -2.36. The molecule has 2 fully saturated rings. The Morgan fingerprint density at radius 1 is 0.953 bits per heavy atom. The molecule has 7 heteroatoms. The minimum absolute atomic E-state index is 0.0420. The monoisotopic (exact) mass is 588 g/mol. The van der Waals surface area contributed by atoms with E-state index in [1.807, 2.05) is 62.4 Å². The van der Waals surface area contributed by atoms with Crippen LogP contribution in [0.4, 0.5) is 0 Å². The molecule has 5 atom stereocenters. The summed E-state index contributed by atoms with van der Waals surface area (Å²) < 4.78 is 28.5. The van der Waals surface area contributed by atoms with Crippen LogP contribution < -0.4 is 9.47 Å². The van der Waals surface area contributed by atoms with E-state index in [1.165, 1.54) is 6.42 Å². The molecule has 1 aliphatic heterocycles. The molecular weight excluding hydrogens is 544 g/mol. The van der Waals surface area contributed by atoms with Gasteiger partial charge in [0.25, 0.3) is 0 Å². The van der Waals surface area contributed by atoms with Gasteiger partial charge in [-0.1, -0.05) is 51.5 Å². The van der Waals surface area contributed by atoms with Gasteiger partial charge in [0.1, 0.15) is 23.2 Å². The normalized spacial score (nSPS) is 24.0. The van der Waals surface area contributed by atoms with Gasteiger partial charge in [0.05, 0.1) is 18.8 Å². The maximum absolute atomic E-state index is 13.1. The van der Waals surface area contributed by atoms with Crippen molar-refractivity contribution in [3.05, 3.63) is 71.8 Å². The molecule has 1 heterocycles. The molecule has 1 aliphatic carbocycles. The van der Waals surface area contributed by atoms with Crippen LogP contribution in [0.5, 0.6) is 11.5 Å². The van der Waals surface area contributed by atoms with E-state index in [0.29, 0.717) is 47.8 Å². The van der Waals surface area contributed by atoms with Crippen LogP contribution in [0.2, 0.25) is 0 Å². The number of carbonyl (C=O) groups is 2. The summed E-state index contributed by atoms with van der Waals surface area (Å²) in [4.78, 5) is 25.6. The number of hydrogen-bond donors (Lipinski definition) is 0. The fourth-order valence-electron chi connectivity index (χ4n) is 5.76. The van der Waals surface area contributed by atoms with Gasteiger partial charge in [0.15, 0.2) is 6.29 Å². The molecular formula is C36H44O7. The largest absolute Gasteiger partial charge is 0.465 e. The first-order chi connectivity index (χ1) is 20.6. The summed E-state index contributed by atoms with van der Waals surface area (Å²) in [6.07, 6.45) is 3.58. The number of benzene rings is 3. The predicted octanol–water partition coefficient (Wildman–Crippen LogP) is 7.53. The lowest BCUT2D eigenvalue weighted by Crippen LogP contribution is -2.35. The van der Waals surface area contributed by atoms with Gasteiger partial charge in [0, 0.05) is 6.42 Å². The van der Waals surface area contributed by atoms with Crippen molar-refractivity contribution in [2.45, 2.75) is 84.7 Å². The fraction of sp³-hybridized carbons (Fsp3) is 0.500. The summed E-state index contributed by atoms with van der Waals surface area (Å²) >= 11 is 0. The van der Waals surface area contributed by atoms with Gasteiger partial charge < -0.3 is 23.7 Å². The Bertz CT molecular complexity index is 1410. The van der Waals surface area contributed by atoms with Crippen molar-refractivity contribution in [1.29, 1.82) is 0 Å². The number of carbonyl (C=O) groups excluding carboxylic acids is 2. The molecule has 0 N–H and O–H groups in total. The van der Waals surface area contributed by atoms with E-state index in [-0.39, 0.29) is 36.4 Å². The first kappa shape index (κ1) is 31.0. The molecule has 43 heavy (non-hydrogen) atoms. The van der Waals surface area contributed by atoms with Gasteiger partial charge in [-0.05, 0) is 104 Å². The molecule has 0 bridgehead atoms. The molecule has 1 saturated carbocycles. The number of aryl methyl sites for hydroxylation is 1. The first-order valence-corrected chi connectivity index (χ1v) is 15.5. The molecule has 5 rings (SSSR count). The molecule has 0 aromatic heterocycles. The van der Waals surface area contributed by atoms with E-state index in [1.54, 1.807) is 12.1 Å². The highest BCUT2D eigenvalue weighted by Gasteiger charge is 2.40. The molecule has 5 unspecified atom stereocenters. The number of esters is 2. The predicted molar refractivity (Wildman–Crippen MR) is 165 cm³/mol.